The molecule has 0 aliphatic rings. The minimum absolute atomic E-state index is 0.0694. The van der Waals surface area contributed by atoms with Gasteiger partial charge in [0.2, 0.25) is 0 Å². The van der Waals surface area contributed by atoms with Crippen LogP contribution in [0.3, 0.4) is 0 Å². The number of carbonyl (C=O) groups excluding carboxylic acids is 1. The van der Waals surface area contributed by atoms with Crippen LogP contribution in [0.1, 0.15) is 0 Å². The van der Waals surface area contributed by atoms with E-state index in [-0.39, 0.29) is 6.03 Å². The molecule has 2 amide bonds. The van der Waals surface area contributed by atoms with Crippen LogP contribution in [0.4, 0.5) is 4.79 Å². The summed E-state index contributed by atoms with van der Waals surface area (Å²) in [4.78, 5) is 11.8. The third-order valence-electron chi connectivity index (χ3n) is 0.620. The number of hydrogen-bond acceptors (Lipinski definition) is 3. The van der Waals surface area contributed by atoms with Crippen LogP contribution < -0.4 is 5.32 Å². The standard InChI is InChI=1S/C4H10N2O.Cl2O2S/c1-5-4(7)6(2)3;1-5(2,3)4/h1-3H3,(H,5,7);. The maximum atomic E-state index is 10.3. The minimum atomic E-state index is -3.72. The Labute approximate surface area is 80.6 Å². The van der Waals surface area contributed by atoms with Gasteiger partial charge in [0, 0.05) is 42.5 Å². The predicted molar refractivity (Wildman–Crippen MR) is 48.8 cm³/mol. The van der Waals surface area contributed by atoms with Crippen LogP contribution in [-0.2, 0) is 8.26 Å². The number of hydrogen-bond donors (Lipinski definition) is 1. The second kappa shape index (κ2) is 6.33. The van der Waals surface area contributed by atoms with Crippen molar-refractivity contribution in [3.8, 4) is 0 Å². The molecule has 0 bridgehead atoms. The first-order valence-corrected chi connectivity index (χ1v) is 5.85. The SMILES string of the molecule is CNC(=O)N(C)C.O=S(=O)(Cl)Cl. The monoisotopic (exact) mass is 236 g/mol. The Morgan fingerprint density at radius 2 is 1.58 bits per heavy atom. The van der Waals surface area contributed by atoms with Crippen molar-refractivity contribution in [3.05, 3.63) is 0 Å². The quantitative estimate of drug-likeness (QED) is 0.627. The minimum Gasteiger partial charge on any atom is -0.341 e. The number of nitrogens with one attached hydrogen (secondary N) is 1. The first kappa shape index (κ1) is 14.3. The van der Waals surface area contributed by atoms with Gasteiger partial charge < -0.3 is 10.2 Å². The lowest BCUT2D eigenvalue weighted by Crippen LogP contribution is -2.31. The summed E-state index contributed by atoms with van der Waals surface area (Å²) in [6.07, 6.45) is 0. The van der Waals surface area contributed by atoms with E-state index < -0.39 is 8.26 Å². The van der Waals surface area contributed by atoms with E-state index in [1.165, 1.54) is 4.90 Å². The summed E-state index contributed by atoms with van der Waals surface area (Å²) in [5.41, 5.74) is 0. The van der Waals surface area contributed by atoms with Gasteiger partial charge in [-0.15, -0.1) is 0 Å². The van der Waals surface area contributed by atoms with Crippen molar-refractivity contribution in [3.63, 3.8) is 0 Å². The van der Waals surface area contributed by atoms with Gasteiger partial charge in [0.05, 0.1) is 0 Å². The van der Waals surface area contributed by atoms with Gasteiger partial charge in [0.1, 0.15) is 0 Å². The number of carbonyl (C=O) groups is 1. The van der Waals surface area contributed by atoms with Crippen LogP contribution >= 0.6 is 21.4 Å². The molecule has 0 fully saturated rings. The fourth-order valence-corrected chi connectivity index (χ4v) is 0.224. The van der Waals surface area contributed by atoms with Crippen LogP contribution in [-0.4, -0.2) is 40.5 Å². The van der Waals surface area contributed by atoms with Crippen molar-refractivity contribution in [1.29, 1.82) is 0 Å². The molecule has 0 atom stereocenters. The van der Waals surface area contributed by atoms with Crippen molar-refractivity contribution in [2.75, 3.05) is 21.1 Å². The Hall–Kier alpha value is -0.200. The van der Waals surface area contributed by atoms with Crippen LogP contribution in [0.5, 0.6) is 0 Å². The number of urea groups is 1. The van der Waals surface area contributed by atoms with Crippen molar-refractivity contribution in [2.24, 2.45) is 0 Å². The Kier molecular flexibility index (Phi) is 7.56. The van der Waals surface area contributed by atoms with Gasteiger partial charge in [-0.1, -0.05) is 0 Å². The Morgan fingerprint density at radius 1 is 1.33 bits per heavy atom. The third-order valence-corrected chi connectivity index (χ3v) is 0.620. The van der Waals surface area contributed by atoms with Gasteiger partial charge in [-0.2, -0.15) is 8.42 Å². The molecule has 0 aliphatic carbocycles. The predicted octanol–water partition coefficient (Wildman–Crippen LogP) is 0.596. The molecule has 0 aliphatic heterocycles. The number of rotatable bonds is 0. The number of halogens is 2. The van der Waals surface area contributed by atoms with Crippen LogP contribution in [0.15, 0.2) is 0 Å². The van der Waals surface area contributed by atoms with E-state index in [9.17, 15) is 4.79 Å². The van der Waals surface area contributed by atoms with Crippen LogP contribution in [0.2, 0.25) is 0 Å². The topological polar surface area (TPSA) is 66.5 Å². The van der Waals surface area contributed by atoms with E-state index in [0.717, 1.165) is 0 Å². The average molecular weight is 237 g/mol. The second-order valence-electron chi connectivity index (χ2n) is 1.83. The Balaban J connectivity index is 0. The summed E-state index contributed by atoms with van der Waals surface area (Å²) in [6.45, 7) is 0. The molecule has 0 rings (SSSR count). The summed E-state index contributed by atoms with van der Waals surface area (Å²) >= 11 is 0. The molecule has 12 heavy (non-hydrogen) atoms. The Morgan fingerprint density at radius 3 is 1.58 bits per heavy atom. The maximum absolute atomic E-state index is 10.3. The van der Waals surface area contributed by atoms with E-state index >= 15 is 0 Å². The van der Waals surface area contributed by atoms with Gasteiger partial charge in [0.15, 0.2) is 0 Å². The van der Waals surface area contributed by atoms with E-state index in [0.29, 0.717) is 0 Å². The van der Waals surface area contributed by atoms with Gasteiger partial charge in [0.25, 0.3) is 0 Å². The zero-order chi connectivity index (χ0) is 10.4. The summed E-state index contributed by atoms with van der Waals surface area (Å²) in [5, 5.41) is 2.45. The van der Waals surface area contributed by atoms with Gasteiger partial charge in [-0.3, -0.25) is 0 Å². The fourth-order valence-electron chi connectivity index (χ4n) is 0.224. The highest BCUT2D eigenvalue weighted by Crippen LogP contribution is 1.98. The van der Waals surface area contributed by atoms with Gasteiger partial charge in [-0.05, 0) is 0 Å². The van der Waals surface area contributed by atoms with E-state index in [1.807, 2.05) is 0 Å². The van der Waals surface area contributed by atoms with E-state index in [1.54, 1.807) is 21.1 Å². The van der Waals surface area contributed by atoms with Gasteiger partial charge >= 0.3 is 14.3 Å². The first-order valence-electron chi connectivity index (χ1n) is 2.71. The van der Waals surface area contributed by atoms with E-state index in [2.05, 4.69) is 26.7 Å². The van der Waals surface area contributed by atoms with Crippen molar-refractivity contribution in [1.82, 2.24) is 10.2 Å². The number of amides is 2. The molecule has 0 unspecified atom stereocenters. The van der Waals surface area contributed by atoms with Crippen molar-refractivity contribution >= 4 is 35.7 Å². The molecule has 0 aromatic carbocycles. The highest BCUT2D eigenvalue weighted by Gasteiger charge is 1.94. The van der Waals surface area contributed by atoms with Crippen LogP contribution in [0, 0.1) is 0 Å². The zero-order valence-electron chi connectivity index (χ0n) is 6.84. The third kappa shape index (κ3) is 22.6. The molecule has 74 valence electrons. The van der Waals surface area contributed by atoms with Crippen molar-refractivity contribution in [2.45, 2.75) is 0 Å². The Bertz CT molecular complexity index is 218. The lowest BCUT2D eigenvalue weighted by atomic mass is 10.8. The molecule has 0 spiro atoms. The molecule has 8 heteroatoms. The first-order chi connectivity index (χ1) is 5.18. The molecule has 0 saturated carbocycles. The van der Waals surface area contributed by atoms with Gasteiger partial charge in [-0.25, -0.2) is 4.79 Å². The molecule has 0 heterocycles. The largest absolute Gasteiger partial charge is 0.341 e. The smallest absolute Gasteiger partial charge is 0.317 e. The number of nitrogens with zero attached hydrogens (tertiary/aromatic N) is 1. The molecule has 0 aromatic rings. The summed E-state index contributed by atoms with van der Waals surface area (Å²) in [5.74, 6) is 0. The van der Waals surface area contributed by atoms with Crippen molar-refractivity contribution < 1.29 is 13.2 Å². The van der Waals surface area contributed by atoms with Crippen LogP contribution in [0.25, 0.3) is 0 Å². The molecule has 1 N–H and O–H groups in total. The highest BCUT2D eigenvalue weighted by atomic mass is 36.0. The molecule has 0 aromatic heterocycles. The second-order valence-corrected chi connectivity index (χ2v) is 5.50. The maximum Gasteiger partial charge on any atom is 0.317 e. The van der Waals surface area contributed by atoms with E-state index in [4.69, 9.17) is 8.42 Å². The molecule has 0 radical (unpaired) electrons. The summed E-state index contributed by atoms with van der Waals surface area (Å²) in [6, 6.07) is -0.0694. The molecule has 5 nitrogen and oxygen atoms in total. The average Bonchev–Trinajstić information content (AvgIpc) is 1.82. The lowest BCUT2D eigenvalue weighted by Gasteiger charge is -2.06. The summed E-state index contributed by atoms with van der Waals surface area (Å²) < 4.78 is 18.3. The summed E-state index contributed by atoms with van der Waals surface area (Å²) in [7, 11) is 9.80. The zero-order valence-corrected chi connectivity index (χ0v) is 9.16. The fraction of sp³-hybridized carbons (Fsp3) is 0.750. The molecular formula is C4H10Cl2N2O3S. The molecule has 0 saturated heterocycles. The highest BCUT2D eigenvalue weighted by molar-refractivity contribution is 8.31. The lowest BCUT2D eigenvalue weighted by molar-refractivity contribution is 0.219. The molecular weight excluding hydrogens is 227 g/mol. The normalized spacial score (nSPS) is 9.42.